The van der Waals surface area contributed by atoms with Crippen molar-refractivity contribution >= 4 is 12.1 Å². The first kappa shape index (κ1) is 12.7. The highest BCUT2D eigenvalue weighted by molar-refractivity contribution is 5.98. The van der Waals surface area contributed by atoms with E-state index in [1.54, 1.807) is 19.1 Å². The maximum absolute atomic E-state index is 12.1. The Labute approximate surface area is 98.9 Å². The zero-order chi connectivity index (χ0) is 12.8. The van der Waals surface area contributed by atoms with Gasteiger partial charge in [-0.25, -0.2) is 0 Å². The summed E-state index contributed by atoms with van der Waals surface area (Å²) < 4.78 is 0. The quantitative estimate of drug-likeness (QED) is 0.531. The summed E-state index contributed by atoms with van der Waals surface area (Å²) in [6.07, 6.45) is 3.84. The Morgan fingerprint density at radius 2 is 2.18 bits per heavy atom. The van der Waals surface area contributed by atoms with Gasteiger partial charge in [0, 0.05) is 30.7 Å². The predicted octanol–water partition coefficient (Wildman–Crippen LogP) is 0.879. The number of nitrogens with two attached hydrogens (primary N) is 1. The Balaban J connectivity index is 3.08. The number of aromatic nitrogens is 1. The summed E-state index contributed by atoms with van der Waals surface area (Å²) in [5, 5.41) is 16.4. The van der Waals surface area contributed by atoms with Crippen LogP contribution in [0.4, 0.5) is 0 Å². The van der Waals surface area contributed by atoms with Crippen molar-refractivity contribution in [1.82, 2.24) is 9.88 Å². The highest BCUT2D eigenvalue weighted by Gasteiger charge is 2.19. The van der Waals surface area contributed by atoms with E-state index in [4.69, 9.17) is 11.1 Å². The van der Waals surface area contributed by atoms with Gasteiger partial charge in [-0.15, -0.1) is 0 Å². The minimum Gasteiger partial charge on any atom is -0.493 e. The Kier molecular flexibility index (Phi) is 4.21. The lowest BCUT2D eigenvalue weighted by molar-refractivity contribution is 0.0814. The van der Waals surface area contributed by atoms with Crippen LogP contribution in [-0.2, 0) is 0 Å². The molecule has 0 aromatic carbocycles. The van der Waals surface area contributed by atoms with Gasteiger partial charge in [-0.3, -0.25) is 9.78 Å². The normalized spacial score (nSPS) is 11.6. The van der Waals surface area contributed by atoms with Crippen LogP contribution in [0.15, 0.2) is 36.1 Å². The van der Waals surface area contributed by atoms with E-state index >= 15 is 0 Å². The number of carbonyl (C=O) groups excluding carboxylic acids is 1. The molecule has 90 valence electrons. The molecule has 0 spiro atoms. The molecular formula is C11H14N4O2. The van der Waals surface area contributed by atoms with Crippen molar-refractivity contribution < 1.29 is 9.90 Å². The molecule has 0 unspecified atom stereocenters. The van der Waals surface area contributed by atoms with Gasteiger partial charge in [-0.2, -0.15) is 0 Å². The molecule has 0 atom stereocenters. The number of aliphatic hydroxyl groups excluding tert-OH is 1. The highest BCUT2D eigenvalue weighted by atomic mass is 16.3. The van der Waals surface area contributed by atoms with E-state index in [1.807, 2.05) is 0 Å². The van der Waals surface area contributed by atoms with Crippen molar-refractivity contribution in [3.8, 4) is 0 Å². The van der Waals surface area contributed by atoms with Gasteiger partial charge in [-0.1, -0.05) is 0 Å². The van der Waals surface area contributed by atoms with Crippen molar-refractivity contribution in [2.75, 3.05) is 6.54 Å². The molecule has 1 aromatic rings. The summed E-state index contributed by atoms with van der Waals surface area (Å²) in [5.41, 5.74) is 5.62. The van der Waals surface area contributed by atoms with Crippen molar-refractivity contribution in [2.45, 2.75) is 6.92 Å². The van der Waals surface area contributed by atoms with Crippen molar-refractivity contribution in [2.24, 2.45) is 5.73 Å². The third-order valence-electron chi connectivity index (χ3n) is 2.18. The monoisotopic (exact) mass is 234 g/mol. The molecule has 6 heteroatoms. The molecule has 4 N–H and O–H groups in total. The molecular weight excluding hydrogens is 220 g/mol. The van der Waals surface area contributed by atoms with Gasteiger partial charge >= 0.3 is 0 Å². The highest BCUT2D eigenvalue weighted by Crippen LogP contribution is 2.10. The lowest BCUT2D eigenvalue weighted by Crippen LogP contribution is -2.32. The molecule has 1 amide bonds. The minimum absolute atomic E-state index is 0.0192. The van der Waals surface area contributed by atoms with Crippen LogP contribution in [0.1, 0.15) is 17.3 Å². The van der Waals surface area contributed by atoms with Gasteiger partial charge in [0.25, 0.3) is 5.91 Å². The Hall–Kier alpha value is -2.37. The first-order chi connectivity index (χ1) is 8.11. The second kappa shape index (κ2) is 5.64. The molecule has 1 aromatic heterocycles. The van der Waals surface area contributed by atoms with Crippen LogP contribution in [0.2, 0.25) is 0 Å². The first-order valence-corrected chi connectivity index (χ1v) is 5.02. The Bertz CT molecular complexity index is 438. The lowest BCUT2D eigenvalue weighted by Gasteiger charge is -2.21. The number of allylic oxidation sites excluding steroid dienone is 1. The SMILES string of the molecule is CCN(C(=O)c1ccncc1)/C(C=N)=C(/N)O. The Morgan fingerprint density at radius 3 is 2.59 bits per heavy atom. The molecule has 0 bridgehead atoms. The topological polar surface area (TPSA) is 103 Å². The van der Waals surface area contributed by atoms with E-state index in [0.717, 1.165) is 6.21 Å². The molecule has 0 aliphatic rings. The summed E-state index contributed by atoms with van der Waals surface area (Å²) in [7, 11) is 0. The van der Waals surface area contributed by atoms with Crippen LogP contribution < -0.4 is 5.73 Å². The summed E-state index contributed by atoms with van der Waals surface area (Å²) in [5.74, 6) is -0.894. The molecule has 0 fully saturated rings. The third-order valence-corrected chi connectivity index (χ3v) is 2.18. The number of hydrogen-bond donors (Lipinski definition) is 3. The van der Waals surface area contributed by atoms with Crippen LogP contribution in [0, 0.1) is 5.41 Å². The molecule has 0 aliphatic carbocycles. The van der Waals surface area contributed by atoms with Gasteiger partial charge in [0.2, 0.25) is 5.88 Å². The number of carbonyl (C=O) groups is 1. The number of hydrogen-bond acceptors (Lipinski definition) is 5. The maximum Gasteiger partial charge on any atom is 0.258 e. The first-order valence-electron chi connectivity index (χ1n) is 5.02. The van der Waals surface area contributed by atoms with E-state index in [-0.39, 0.29) is 11.6 Å². The van der Waals surface area contributed by atoms with Crippen LogP contribution >= 0.6 is 0 Å². The van der Waals surface area contributed by atoms with Crippen LogP contribution in [0.25, 0.3) is 0 Å². The fourth-order valence-electron chi connectivity index (χ4n) is 1.36. The minimum atomic E-state index is -0.552. The second-order valence-corrected chi connectivity index (χ2v) is 3.20. The van der Waals surface area contributed by atoms with Crippen molar-refractivity contribution in [3.63, 3.8) is 0 Å². The molecule has 0 radical (unpaired) electrons. The number of rotatable bonds is 4. The number of nitrogens with one attached hydrogen (secondary N) is 1. The molecule has 0 saturated heterocycles. The zero-order valence-electron chi connectivity index (χ0n) is 9.42. The average Bonchev–Trinajstić information content (AvgIpc) is 2.35. The van der Waals surface area contributed by atoms with E-state index in [0.29, 0.717) is 12.1 Å². The average molecular weight is 234 g/mol. The van der Waals surface area contributed by atoms with Gasteiger partial charge in [0.15, 0.2) is 0 Å². The standard InChI is InChI=1S/C11H14N4O2/c1-2-15(9(7-12)10(13)16)11(17)8-3-5-14-6-4-8/h3-7,12,16H,2,13H2,1H3/b10-9-,12-7?. The van der Waals surface area contributed by atoms with Crippen molar-refractivity contribution in [1.29, 1.82) is 5.41 Å². The summed E-state index contributed by atoms with van der Waals surface area (Å²) in [4.78, 5) is 17.1. The number of amides is 1. The second-order valence-electron chi connectivity index (χ2n) is 3.20. The zero-order valence-corrected chi connectivity index (χ0v) is 9.42. The van der Waals surface area contributed by atoms with Crippen LogP contribution in [0.5, 0.6) is 0 Å². The smallest absolute Gasteiger partial charge is 0.258 e. The fourth-order valence-corrected chi connectivity index (χ4v) is 1.36. The summed E-state index contributed by atoms with van der Waals surface area (Å²) in [6.45, 7) is 2.03. The number of nitrogens with zero attached hydrogens (tertiary/aromatic N) is 2. The van der Waals surface area contributed by atoms with Crippen molar-refractivity contribution in [3.05, 3.63) is 41.7 Å². The number of pyridine rings is 1. The summed E-state index contributed by atoms with van der Waals surface area (Å²) in [6, 6.07) is 3.11. The molecule has 1 rings (SSSR count). The van der Waals surface area contributed by atoms with E-state index in [2.05, 4.69) is 4.98 Å². The molecule has 17 heavy (non-hydrogen) atoms. The summed E-state index contributed by atoms with van der Waals surface area (Å²) >= 11 is 0. The lowest BCUT2D eigenvalue weighted by atomic mass is 10.2. The third kappa shape index (κ3) is 2.81. The Morgan fingerprint density at radius 1 is 1.59 bits per heavy atom. The predicted molar refractivity (Wildman–Crippen MR) is 63.6 cm³/mol. The number of aliphatic hydroxyl groups is 1. The van der Waals surface area contributed by atoms with Crippen LogP contribution in [-0.4, -0.2) is 33.7 Å². The molecule has 0 saturated carbocycles. The van der Waals surface area contributed by atoms with E-state index in [9.17, 15) is 9.90 Å². The largest absolute Gasteiger partial charge is 0.493 e. The maximum atomic E-state index is 12.1. The van der Waals surface area contributed by atoms with E-state index in [1.165, 1.54) is 17.3 Å². The van der Waals surface area contributed by atoms with E-state index < -0.39 is 5.88 Å². The van der Waals surface area contributed by atoms with Crippen LogP contribution in [0.3, 0.4) is 0 Å². The van der Waals surface area contributed by atoms with Gasteiger partial charge in [0.1, 0.15) is 5.70 Å². The van der Waals surface area contributed by atoms with Gasteiger partial charge in [-0.05, 0) is 19.1 Å². The van der Waals surface area contributed by atoms with Gasteiger partial charge < -0.3 is 21.1 Å². The van der Waals surface area contributed by atoms with Gasteiger partial charge in [0.05, 0.1) is 0 Å². The fraction of sp³-hybridized carbons (Fsp3) is 0.182. The molecule has 0 aliphatic heterocycles. The molecule has 6 nitrogen and oxygen atoms in total. The molecule has 1 heterocycles.